The van der Waals surface area contributed by atoms with Gasteiger partial charge >= 0.3 is 0 Å². The van der Waals surface area contributed by atoms with Crippen molar-refractivity contribution in [2.75, 3.05) is 29.1 Å². The van der Waals surface area contributed by atoms with Crippen LogP contribution >= 0.6 is 11.6 Å². The van der Waals surface area contributed by atoms with Crippen molar-refractivity contribution in [2.24, 2.45) is 0 Å². The van der Waals surface area contributed by atoms with E-state index in [1.165, 1.54) is 0 Å². The van der Waals surface area contributed by atoms with Gasteiger partial charge in [-0.25, -0.2) is 15.0 Å². The summed E-state index contributed by atoms with van der Waals surface area (Å²) in [6, 6.07) is 4.25. The van der Waals surface area contributed by atoms with Crippen LogP contribution in [0.1, 0.15) is 18.2 Å². The largest absolute Gasteiger partial charge is 0.363 e. The molecule has 3 aromatic heterocycles. The second-order valence-corrected chi connectivity index (χ2v) is 9.58. The van der Waals surface area contributed by atoms with E-state index in [9.17, 15) is 4.21 Å². The highest BCUT2D eigenvalue weighted by Gasteiger charge is 2.35. The monoisotopic (exact) mass is 416 g/mol. The second-order valence-electron chi connectivity index (χ2n) is 7.53. The Kier molecular flexibility index (Phi) is 4.28. The van der Waals surface area contributed by atoms with E-state index in [0.29, 0.717) is 11.7 Å². The molecule has 1 N–H and O–H groups in total. The minimum absolute atomic E-state index is 0.225. The van der Waals surface area contributed by atoms with Gasteiger partial charge in [-0.1, -0.05) is 11.6 Å². The average molecular weight is 417 g/mol. The summed E-state index contributed by atoms with van der Waals surface area (Å²) in [5.41, 5.74) is 4.11. The van der Waals surface area contributed by atoms with Crippen molar-refractivity contribution < 1.29 is 4.21 Å². The Morgan fingerprint density at radius 2 is 2.14 bits per heavy atom. The molecule has 146 valence electrons. The Morgan fingerprint density at radius 1 is 1.32 bits per heavy atom. The molecule has 5 rings (SSSR count). The third-order valence-corrected chi connectivity index (χ3v) is 7.19. The van der Waals surface area contributed by atoms with Gasteiger partial charge in [0.15, 0.2) is 0 Å². The first-order valence-corrected chi connectivity index (χ1v) is 11.3. The quantitative estimate of drug-likeness (QED) is 0.661. The first-order valence-electron chi connectivity index (χ1n) is 9.31. The van der Waals surface area contributed by atoms with Crippen LogP contribution in [-0.2, 0) is 23.8 Å². The number of anilines is 2. The fourth-order valence-electron chi connectivity index (χ4n) is 4.14. The lowest BCUT2D eigenvalue weighted by Crippen LogP contribution is -2.54. The minimum Gasteiger partial charge on any atom is -0.363 e. The van der Waals surface area contributed by atoms with Crippen LogP contribution in [0.2, 0.25) is 5.15 Å². The van der Waals surface area contributed by atoms with E-state index in [-0.39, 0.29) is 11.3 Å². The van der Waals surface area contributed by atoms with Gasteiger partial charge < -0.3 is 14.8 Å². The van der Waals surface area contributed by atoms with Crippen LogP contribution in [-0.4, -0.2) is 54.8 Å². The van der Waals surface area contributed by atoms with Gasteiger partial charge in [-0.2, -0.15) is 0 Å². The number of halogens is 1. The van der Waals surface area contributed by atoms with Crippen LogP contribution < -0.4 is 9.80 Å². The summed E-state index contributed by atoms with van der Waals surface area (Å²) in [6.07, 6.45) is 6.16. The summed E-state index contributed by atoms with van der Waals surface area (Å²) in [7, 11) is -0.796. The Bertz CT molecular complexity index is 1080. The fourth-order valence-corrected chi connectivity index (χ4v) is 5.10. The number of rotatable bonds is 3. The standard InChI is InChI=1S/C19H21ClN6OS/c1-11-5-15-14(19(23-10-22-15)25-7-12(8-25)28(2)27)9-26(11)16-6-17(20)24-18-13(16)3-4-21-18/h3-4,6,10-12H,5,7-9H2,1-2H3,(H,21,24). The smallest absolute Gasteiger partial charge is 0.141 e. The first kappa shape index (κ1) is 17.9. The van der Waals surface area contributed by atoms with Crippen molar-refractivity contribution in [3.8, 4) is 0 Å². The highest BCUT2D eigenvalue weighted by atomic mass is 35.5. The van der Waals surface area contributed by atoms with Crippen LogP contribution in [0.3, 0.4) is 0 Å². The van der Waals surface area contributed by atoms with Crippen LogP contribution in [0, 0.1) is 0 Å². The molecule has 1 fully saturated rings. The molecular formula is C19H21ClN6OS. The number of nitrogens with zero attached hydrogens (tertiary/aromatic N) is 5. The number of H-pyrrole nitrogens is 1. The molecule has 28 heavy (non-hydrogen) atoms. The molecule has 2 aliphatic heterocycles. The molecule has 0 aliphatic carbocycles. The van der Waals surface area contributed by atoms with Gasteiger partial charge in [0.25, 0.3) is 0 Å². The zero-order valence-corrected chi connectivity index (χ0v) is 17.3. The molecule has 0 spiro atoms. The van der Waals surface area contributed by atoms with Gasteiger partial charge in [-0.15, -0.1) is 0 Å². The third-order valence-electron chi connectivity index (χ3n) is 5.76. The maximum absolute atomic E-state index is 11.7. The molecular weight excluding hydrogens is 396 g/mol. The number of nitrogens with one attached hydrogen (secondary N) is 1. The van der Waals surface area contributed by atoms with Crippen molar-refractivity contribution in [1.82, 2.24) is 19.9 Å². The number of hydrogen-bond acceptors (Lipinski definition) is 6. The van der Waals surface area contributed by atoms with E-state index < -0.39 is 10.8 Å². The molecule has 2 aliphatic rings. The molecule has 3 aromatic rings. The number of pyridine rings is 1. The predicted octanol–water partition coefficient (Wildman–Crippen LogP) is 2.52. The average Bonchev–Trinajstić information content (AvgIpc) is 3.07. The highest BCUT2D eigenvalue weighted by molar-refractivity contribution is 7.85. The van der Waals surface area contributed by atoms with Crippen molar-refractivity contribution in [1.29, 1.82) is 0 Å². The van der Waals surface area contributed by atoms with Crippen LogP contribution in [0.25, 0.3) is 11.0 Å². The van der Waals surface area contributed by atoms with Crippen molar-refractivity contribution in [3.63, 3.8) is 0 Å². The fraction of sp³-hybridized carbons (Fsp3) is 0.421. The van der Waals surface area contributed by atoms with E-state index in [4.69, 9.17) is 11.6 Å². The molecule has 2 unspecified atom stereocenters. The topological polar surface area (TPSA) is 78.0 Å². The minimum atomic E-state index is -0.796. The van der Waals surface area contributed by atoms with Gasteiger partial charge in [0.05, 0.1) is 16.6 Å². The van der Waals surface area contributed by atoms with Gasteiger partial charge in [0.1, 0.15) is 22.9 Å². The maximum Gasteiger partial charge on any atom is 0.141 e. The summed E-state index contributed by atoms with van der Waals surface area (Å²) in [5.74, 6) is 0.967. The lowest BCUT2D eigenvalue weighted by Gasteiger charge is -2.42. The summed E-state index contributed by atoms with van der Waals surface area (Å²) in [5, 5.41) is 1.76. The van der Waals surface area contributed by atoms with Crippen molar-refractivity contribution in [3.05, 3.63) is 41.1 Å². The van der Waals surface area contributed by atoms with Crippen LogP contribution in [0.15, 0.2) is 24.7 Å². The Morgan fingerprint density at radius 3 is 2.93 bits per heavy atom. The molecule has 0 bridgehead atoms. The third kappa shape index (κ3) is 2.86. The molecule has 0 aromatic carbocycles. The molecule has 2 atom stereocenters. The Hall–Kier alpha value is -2.19. The number of hydrogen-bond donors (Lipinski definition) is 1. The SMILES string of the molecule is CC1Cc2ncnc(N3CC(S(C)=O)C3)c2CN1c1cc(Cl)nc2[nH]ccc12. The zero-order valence-electron chi connectivity index (χ0n) is 15.7. The number of aromatic amines is 1. The van der Waals surface area contributed by atoms with E-state index in [1.807, 2.05) is 18.3 Å². The van der Waals surface area contributed by atoms with Gasteiger partial charge in [0.2, 0.25) is 0 Å². The van der Waals surface area contributed by atoms with E-state index in [2.05, 4.69) is 36.7 Å². The van der Waals surface area contributed by atoms with E-state index in [1.54, 1.807) is 12.6 Å². The second kappa shape index (κ2) is 6.70. The lowest BCUT2D eigenvalue weighted by molar-refractivity contribution is 0.561. The summed E-state index contributed by atoms with van der Waals surface area (Å²) in [4.78, 5) is 21.2. The summed E-state index contributed by atoms with van der Waals surface area (Å²) in [6.45, 7) is 4.48. The first-order chi connectivity index (χ1) is 13.5. The number of fused-ring (bicyclic) bond motifs is 2. The zero-order chi connectivity index (χ0) is 19.4. The molecule has 0 radical (unpaired) electrons. The van der Waals surface area contributed by atoms with E-state index >= 15 is 0 Å². The normalized spacial score (nSPS) is 20.9. The van der Waals surface area contributed by atoms with Gasteiger partial charge in [0, 0.05) is 66.3 Å². The van der Waals surface area contributed by atoms with Gasteiger partial charge in [-0.05, 0) is 19.1 Å². The lowest BCUT2D eigenvalue weighted by atomic mass is 9.98. The Balaban J connectivity index is 1.52. The molecule has 0 amide bonds. The maximum atomic E-state index is 11.7. The van der Waals surface area contributed by atoms with Crippen molar-refractivity contribution >= 4 is 44.9 Å². The molecule has 7 nitrogen and oxygen atoms in total. The van der Waals surface area contributed by atoms with Gasteiger partial charge in [-0.3, -0.25) is 4.21 Å². The molecule has 5 heterocycles. The summed E-state index contributed by atoms with van der Waals surface area (Å²) < 4.78 is 11.7. The Labute approximate surface area is 170 Å². The van der Waals surface area contributed by atoms with Crippen LogP contribution in [0.5, 0.6) is 0 Å². The molecule has 1 saturated heterocycles. The molecule has 9 heteroatoms. The van der Waals surface area contributed by atoms with Crippen molar-refractivity contribution in [2.45, 2.75) is 31.2 Å². The summed E-state index contributed by atoms with van der Waals surface area (Å²) >= 11 is 6.29. The molecule has 0 saturated carbocycles. The van der Waals surface area contributed by atoms with E-state index in [0.717, 1.165) is 53.3 Å². The number of aromatic nitrogens is 4. The van der Waals surface area contributed by atoms with Crippen LogP contribution in [0.4, 0.5) is 11.5 Å². The highest BCUT2D eigenvalue weighted by Crippen LogP contribution is 2.37. The predicted molar refractivity (Wildman–Crippen MR) is 113 cm³/mol.